The molecule has 0 radical (unpaired) electrons. The Bertz CT molecular complexity index is 638. The number of carbonyl (C=O) groups is 1. The van der Waals surface area contributed by atoms with E-state index >= 15 is 0 Å². The number of ketones is 1. The molecule has 100 valence electrons. The molecule has 0 N–H and O–H groups in total. The monoisotopic (exact) mass is 404 g/mol. The van der Waals surface area contributed by atoms with Gasteiger partial charge in [-0.05, 0) is 63.9 Å². The highest BCUT2D eigenvalue weighted by atomic mass is 79.9. The Labute approximate surface area is 133 Å². The van der Waals surface area contributed by atoms with Crippen molar-refractivity contribution in [2.24, 2.45) is 0 Å². The molecule has 0 atom stereocenters. The number of aromatic nitrogens is 2. The van der Waals surface area contributed by atoms with Gasteiger partial charge in [0.1, 0.15) is 5.69 Å². The highest BCUT2D eigenvalue weighted by molar-refractivity contribution is 9.10. The molecule has 0 spiro atoms. The quantitative estimate of drug-likeness (QED) is 0.682. The van der Waals surface area contributed by atoms with Crippen LogP contribution < -0.4 is 0 Å². The smallest absolute Gasteiger partial charge is 0.212 e. The first-order chi connectivity index (χ1) is 8.91. The van der Waals surface area contributed by atoms with E-state index in [0.29, 0.717) is 20.8 Å². The fourth-order valence-corrected chi connectivity index (χ4v) is 2.60. The SMILES string of the molecule is CC(C)n1ncc(Br)c1C(=O)c1ccc(Br)c(Cl)c1. The minimum absolute atomic E-state index is 0.104. The lowest BCUT2D eigenvalue weighted by molar-refractivity contribution is 0.102. The van der Waals surface area contributed by atoms with Crippen LogP contribution in [0, 0.1) is 0 Å². The standard InChI is InChI=1S/C13H11Br2ClN2O/c1-7(2)18-12(10(15)6-17-18)13(19)8-3-4-9(14)11(16)5-8/h3-7H,1-2H3. The Morgan fingerprint density at radius 1 is 1.32 bits per heavy atom. The third-order valence-electron chi connectivity index (χ3n) is 2.64. The summed E-state index contributed by atoms with van der Waals surface area (Å²) in [7, 11) is 0. The summed E-state index contributed by atoms with van der Waals surface area (Å²) in [5.41, 5.74) is 1.07. The summed E-state index contributed by atoms with van der Waals surface area (Å²) in [5, 5.41) is 4.72. The zero-order chi connectivity index (χ0) is 14.2. The Morgan fingerprint density at radius 2 is 2.00 bits per heavy atom. The second-order valence-electron chi connectivity index (χ2n) is 4.34. The van der Waals surface area contributed by atoms with E-state index < -0.39 is 0 Å². The first-order valence-corrected chi connectivity index (χ1v) is 7.61. The number of carbonyl (C=O) groups excluding carboxylic acids is 1. The molecule has 19 heavy (non-hydrogen) atoms. The highest BCUT2D eigenvalue weighted by Crippen LogP contribution is 2.27. The van der Waals surface area contributed by atoms with Crippen LogP contribution in [-0.2, 0) is 0 Å². The van der Waals surface area contributed by atoms with Gasteiger partial charge in [-0.15, -0.1) is 0 Å². The summed E-state index contributed by atoms with van der Waals surface area (Å²) in [6.45, 7) is 3.95. The fourth-order valence-electron chi connectivity index (χ4n) is 1.72. The summed E-state index contributed by atoms with van der Waals surface area (Å²) < 4.78 is 3.15. The van der Waals surface area contributed by atoms with Gasteiger partial charge in [0.05, 0.1) is 15.7 Å². The molecular weight excluding hydrogens is 395 g/mol. The molecule has 1 aromatic heterocycles. The summed E-state index contributed by atoms with van der Waals surface area (Å²) in [6, 6.07) is 5.26. The van der Waals surface area contributed by atoms with E-state index in [4.69, 9.17) is 11.6 Å². The number of benzene rings is 1. The van der Waals surface area contributed by atoms with Crippen LogP contribution >= 0.6 is 43.5 Å². The molecule has 0 unspecified atom stereocenters. The van der Waals surface area contributed by atoms with Crippen LogP contribution in [0.25, 0.3) is 0 Å². The molecule has 0 saturated carbocycles. The van der Waals surface area contributed by atoms with E-state index in [1.807, 2.05) is 13.8 Å². The maximum Gasteiger partial charge on any atom is 0.212 e. The minimum Gasteiger partial charge on any atom is -0.287 e. The number of nitrogens with zero attached hydrogens (tertiary/aromatic N) is 2. The maximum absolute atomic E-state index is 12.6. The van der Waals surface area contributed by atoms with Crippen LogP contribution in [0.15, 0.2) is 33.3 Å². The molecule has 0 amide bonds. The van der Waals surface area contributed by atoms with Crippen molar-refractivity contribution in [3.05, 3.63) is 49.6 Å². The van der Waals surface area contributed by atoms with E-state index in [2.05, 4.69) is 37.0 Å². The van der Waals surface area contributed by atoms with E-state index in [-0.39, 0.29) is 11.8 Å². The van der Waals surface area contributed by atoms with Crippen molar-refractivity contribution in [1.29, 1.82) is 0 Å². The molecule has 0 aliphatic carbocycles. The predicted molar refractivity (Wildman–Crippen MR) is 82.9 cm³/mol. The van der Waals surface area contributed by atoms with Crippen LogP contribution in [-0.4, -0.2) is 15.6 Å². The molecule has 0 fully saturated rings. The number of hydrogen-bond donors (Lipinski definition) is 0. The van der Waals surface area contributed by atoms with Gasteiger partial charge in [0.15, 0.2) is 0 Å². The second kappa shape index (κ2) is 5.77. The summed E-state index contributed by atoms with van der Waals surface area (Å²) in [4.78, 5) is 12.6. The van der Waals surface area contributed by atoms with Gasteiger partial charge in [0.25, 0.3) is 0 Å². The van der Waals surface area contributed by atoms with E-state index in [1.165, 1.54) is 0 Å². The molecule has 0 saturated heterocycles. The van der Waals surface area contributed by atoms with Crippen molar-refractivity contribution in [3.63, 3.8) is 0 Å². The van der Waals surface area contributed by atoms with Crippen LogP contribution in [0.3, 0.4) is 0 Å². The zero-order valence-corrected chi connectivity index (χ0v) is 14.3. The van der Waals surface area contributed by atoms with Crippen LogP contribution in [0.1, 0.15) is 35.9 Å². The van der Waals surface area contributed by atoms with E-state index in [9.17, 15) is 4.79 Å². The first-order valence-electron chi connectivity index (χ1n) is 5.64. The third-order valence-corrected chi connectivity index (χ3v) is 4.45. The molecule has 1 heterocycles. The van der Waals surface area contributed by atoms with Gasteiger partial charge in [-0.25, -0.2) is 0 Å². The van der Waals surface area contributed by atoms with Crippen LogP contribution in [0.5, 0.6) is 0 Å². The fraction of sp³-hybridized carbons (Fsp3) is 0.231. The molecule has 2 aromatic rings. The number of hydrogen-bond acceptors (Lipinski definition) is 2. The normalized spacial score (nSPS) is 11.1. The van der Waals surface area contributed by atoms with Crippen molar-refractivity contribution in [3.8, 4) is 0 Å². The molecule has 1 aromatic carbocycles. The molecule has 0 aliphatic heterocycles. The van der Waals surface area contributed by atoms with Crippen molar-refractivity contribution >= 4 is 49.2 Å². The van der Waals surface area contributed by atoms with Crippen molar-refractivity contribution < 1.29 is 4.79 Å². The van der Waals surface area contributed by atoms with Crippen molar-refractivity contribution in [1.82, 2.24) is 9.78 Å². The van der Waals surface area contributed by atoms with Gasteiger partial charge in [-0.2, -0.15) is 5.10 Å². The molecule has 6 heteroatoms. The average molecular weight is 407 g/mol. The lowest BCUT2D eigenvalue weighted by atomic mass is 10.1. The minimum atomic E-state index is -0.104. The molecule has 0 bridgehead atoms. The lowest BCUT2D eigenvalue weighted by Gasteiger charge is -2.11. The van der Waals surface area contributed by atoms with Gasteiger partial charge >= 0.3 is 0 Å². The lowest BCUT2D eigenvalue weighted by Crippen LogP contribution is -2.14. The highest BCUT2D eigenvalue weighted by Gasteiger charge is 2.20. The van der Waals surface area contributed by atoms with E-state index in [0.717, 1.165) is 4.47 Å². The van der Waals surface area contributed by atoms with Crippen molar-refractivity contribution in [2.75, 3.05) is 0 Å². The molecular formula is C13H11Br2ClN2O. The van der Waals surface area contributed by atoms with Gasteiger partial charge in [0.2, 0.25) is 5.78 Å². The third kappa shape index (κ3) is 2.93. The maximum atomic E-state index is 12.6. The largest absolute Gasteiger partial charge is 0.287 e. The first kappa shape index (κ1) is 14.8. The van der Waals surface area contributed by atoms with Crippen molar-refractivity contribution in [2.45, 2.75) is 19.9 Å². The number of halogens is 3. The predicted octanol–water partition coefficient (Wildman–Crippen LogP) is 4.87. The Balaban J connectivity index is 2.49. The Kier molecular flexibility index (Phi) is 4.48. The second-order valence-corrected chi connectivity index (χ2v) is 6.45. The summed E-state index contributed by atoms with van der Waals surface area (Å²) in [6.07, 6.45) is 1.63. The Hall–Kier alpha value is -0.650. The van der Waals surface area contributed by atoms with Gasteiger partial charge < -0.3 is 0 Å². The van der Waals surface area contributed by atoms with Crippen LogP contribution in [0.4, 0.5) is 0 Å². The molecule has 3 nitrogen and oxygen atoms in total. The number of rotatable bonds is 3. The zero-order valence-electron chi connectivity index (χ0n) is 10.3. The van der Waals surface area contributed by atoms with Crippen LogP contribution in [0.2, 0.25) is 5.02 Å². The van der Waals surface area contributed by atoms with E-state index in [1.54, 1.807) is 29.1 Å². The van der Waals surface area contributed by atoms with Gasteiger partial charge in [0, 0.05) is 16.1 Å². The van der Waals surface area contributed by atoms with Gasteiger partial charge in [-0.3, -0.25) is 9.48 Å². The molecule has 2 rings (SSSR count). The summed E-state index contributed by atoms with van der Waals surface area (Å²) >= 11 is 12.7. The topological polar surface area (TPSA) is 34.9 Å². The Morgan fingerprint density at radius 3 is 2.58 bits per heavy atom. The van der Waals surface area contributed by atoms with Gasteiger partial charge in [-0.1, -0.05) is 11.6 Å². The summed E-state index contributed by atoms with van der Waals surface area (Å²) in [5.74, 6) is -0.104. The molecule has 0 aliphatic rings. The average Bonchev–Trinajstić information content (AvgIpc) is 2.74.